The fourth-order valence-corrected chi connectivity index (χ4v) is 2.87. The van der Waals surface area contributed by atoms with Crippen molar-refractivity contribution >= 4 is 22.9 Å². The van der Waals surface area contributed by atoms with Crippen LogP contribution in [0.4, 0.5) is 0 Å². The quantitative estimate of drug-likeness (QED) is 0.736. The molecule has 2 aromatic carbocycles. The molecule has 0 spiro atoms. The second-order valence-corrected chi connectivity index (χ2v) is 5.95. The largest absolute Gasteiger partial charge is 0.486 e. The first-order valence-corrected chi connectivity index (χ1v) is 8.48. The van der Waals surface area contributed by atoms with Crippen LogP contribution in [-0.2, 0) is 11.3 Å². The molecule has 0 atom stereocenters. The van der Waals surface area contributed by atoms with Crippen LogP contribution < -0.4 is 14.8 Å². The van der Waals surface area contributed by atoms with Gasteiger partial charge in [0.05, 0.1) is 5.52 Å². The molecule has 130 valence electrons. The highest BCUT2D eigenvalue weighted by Crippen LogP contribution is 2.30. The number of fused-ring (bicyclic) bond motifs is 2. The van der Waals surface area contributed by atoms with Gasteiger partial charge >= 0.3 is 0 Å². The highest BCUT2D eigenvalue weighted by Gasteiger charge is 2.11. The number of ether oxygens (including phenoxy) is 2. The minimum Gasteiger partial charge on any atom is -0.486 e. The lowest BCUT2D eigenvalue weighted by atomic mass is 10.1. The highest BCUT2D eigenvalue weighted by atomic mass is 16.6. The third-order valence-electron chi connectivity index (χ3n) is 4.15. The number of nitrogens with one attached hydrogen (secondary N) is 1. The number of hydrogen-bond acceptors (Lipinski definition) is 4. The summed E-state index contributed by atoms with van der Waals surface area (Å²) in [6, 6.07) is 15.5. The Balaban J connectivity index is 1.41. The maximum absolute atomic E-state index is 12.1. The lowest BCUT2D eigenvalue weighted by Gasteiger charge is -2.18. The Morgan fingerprint density at radius 3 is 2.85 bits per heavy atom. The van der Waals surface area contributed by atoms with Crippen molar-refractivity contribution in [3.05, 3.63) is 71.9 Å². The van der Waals surface area contributed by atoms with E-state index in [4.69, 9.17) is 9.47 Å². The molecular weight excluding hydrogens is 328 g/mol. The summed E-state index contributed by atoms with van der Waals surface area (Å²) in [6.45, 7) is 1.54. The second-order valence-electron chi connectivity index (χ2n) is 5.95. The summed E-state index contributed by atoms with van der Waals surface area (Å²) in [7, 11) is 0. The van der Waals surface area contributed by atoms with Crippen molar-refractivity contribution in [2.75, 3.05) is 13.2 Å². The molecule has 4 rings (SSSR count). The highest BCUT2D eigenvalue weighted by molar-refractivity contribution is 5.95. The standard InChI is InChI=1S/C21H18N2O3/c24-20(9-7-17-4-1-3-16-5-2-10-22-21(16)17)23-14-15-6-8-18-19(13-15)26-12-11-25-18/h1-10,13H,11-12,14H2,(H,23,24)/b9-7+. The molecule has 3 aromatic rings. The summed E-state index contributed by atoms with van der Waals surface area (Å²) < 4.78 is 11.1. The van der Waals surface area contributed by atoms with Crippen LogP contribution >= 0.6 is 0 Å². The van der Waals surface area contributed by atoms with E-state index in [9.17, 15) is 4.79 Å². The minimum atomic E-state index is -0.159. The SMILES string of the molecule is O=C(/C=C/c1cccc2cccnc12)NCc1ccc2c(c1)OCCO2. The Morgan fingerprint density at radius 1 is 1.08 bits per heavy atom. The summed E-state index contributed by atoms with van der Waals surface area (Å²) in [5.41, 5.74) is 2.76. The van der Waals surface area contributed by atoms with E-state index >= 15 is 0 Å². The number of amides is 1. The molecule has 26 heavy (non-hydrogen) atoms. The third kappa shape index (κ3) is 3.52. The average molecular weight is 346 g/mol. The van der Waals surface area contributed by atoms with E-state index in [2.05, 4.69) is 10.3 Å². The molecule has 0 radical (unpaired) electrons. The van der Waals surface area contributed by atoms with E-state index < -0.39 is 0 Å². The number of carbonyl (C=O) groups is 1. The number of hydrogen-bond donors (Lipinski definition) is 1. The van der Waals surface area contributed by atoms with Crippen molar-refractivity contribution in [1.82, 2.24) is 10.3 Å². The topological polar surface area (TPSA) is 60.5 Å². The Hall–Kier alpha value is -3.34. The van der Waals surface area contributed by atoms with Crippen LogP contribution in [0.25, 0.3) is 17.0 Å². The predicted molar refractivity (Wildman–Crippen MR) is 100 cm³/mol. The molecule has 1 aliphatic rings. The van der Waals surface area contributed by atoms with Gasteiger partial charge in [-0.1, -0.05) is 30.3 Å². The van der Waals surface area contributed by atoms with E-state index in [1.807, 2.05) is 48.5 Å². The second kappa shape index (κ2) is 7.27. The van der Waals surface area contributed by atoms with Gasteiger partial charge in [0.2, 0.25) is 5.91 Å². The summed E-state index contributed by atoms with van der Waals surface area (Å²) in [5.74, 6) is 1.31. The minimum absolute atomic E-state index is 0.159. The first kappa shape index (κ1) is 16.1. The van der Waals surface area contributed by atoms with Gasteiger partial charge in [-0.15, -0.1) is 0 Å². The first-order chi connectivity index (χ1) is 12.8. The van der Waals surface area contributed by atoms with Crippen molar-refractivity contribution in [3.63, 3.8) is 0 Å². The number of benzene rings is 2. The zero-order valence-corrected chi connectivity index (χ0v) is 14.1. The van der Waals surface area contributed by atoms with Crippen LogP contribution in [0.15, 0.2) is 60.8 Å². The molecule has 0 fully saturated rings. The van der Waals surface area contributed by atoms with Crippen molar-refractivity contribution in [2.24, 2.45) is 0 Å². The summed E-state index contributed by atoms with van der Waals surface area (Å²) in [4.78, 5) is 16.5. The molecular formula is C21H18N2O3. The summed E-state index contributed by atoms with van der Waals surface area (Å²) in [6.07, 6.45) is 5.07. The molecule has 1 N–H and O–H groups in total. The molecule has 5 nitrogen and oxygen atoms in total. The van der Waals surface area contributed by atoms with Gasteiger partial charge in [0.15, 0.2) is 11.5 Å². The van der Waals surface area contributed by atoms with Crippen molar-refractivity contribution in [2.45, 2.75) is 6.54 Å². The Labute approximate surface area is 151 Å². The zero-order chi connectivity index (χ0) is 17.8. The number of carbonyl (C=O) groups excluding carboxylic acids is 1. The van der Waals surface area contributed by atoms with Crippen molar-refractivity contribution in [3.8, 4) is 11.5 Å². The van der Waals surface area contributed by atoms with Crippen LogP contribution in [0, 0.1) is 0 Å². The Morgan fingerprint density at radius 2 is 1.92 bits per heavy atom. The van der Waals surface area contributed by atoms with E-state index in [1.54, 1.807) is 12.3 Å². The fraction of sp³-hybridized carbons (Fsp3) is 0.143. The monoisotopic (exact) mass is 346 g/mol. The third-order valence-corrected chi connectivity index (χ3v) is 4.15. The smallest absolute Gasteiger partial charge is 0.244 e. The predicted octanol–water partition coefficient (Wildman–Crippen LogP) is 3.34. The molecule has 0 aliphatic carbocycles. The van der Waals surface area contributed by atoms with Gasteiger partial charge in [0.25, 0.3) is 0 Å². The van der Waals surface area contributed by atoms with Crippen molar-refractivity contribution in [1.29, 1.82) is 0 Å². The lowest BCUT2D eigenvalue weighted by molar-refractivity contribution is -0.116. The molecule has 1 aromatic heterocycles. The molecule has 0 saturated carbocycles. The van der Waals surface area contributed by atoms with E-state index in [0.717, 1.165) is 33.5 Å². The molecule has 0 unspecified atom stereocenters. The molecule has 0 saturated heterocycles. The van der Waals surface area contributed by atoms with E-state index in [0.29, 0.717) is 19.8 Å². The lowest BCUT2D eigenvalue weighted by Crippen LogP contribution is -2.21. The Bertz CT molecular complexity index is 977. The van der Waals surface area contributed by atoms with E-state index in [-0.39, 0.29) is 5.91 Å². The van der Waals surface area contributed by atoms with Gasteiger partial charge in [0.1, 0.15) is 13.2 Å². The zero-order valence-electron chi connectivity index (χ0n) is 14.1. The molecule has 0 bridgehead atoms. The average Bonchev–Trinajstić information content (AvgIpc) is 2.70. The van der Waals surface area contributed by atoms with E-state index in [1.165, 1.54) is 6.08 Å². The number of para-hydroxylation sites is 1. The van der Waals surface area contributed by atoms with Crippen LogP contribution in [0.5, 0.6) is 11.5 Å². The van der Waals surface area contributed by atoms with Crippen LogP contribution in [-0.4, -0.2) is 24.1 Å². The normalized spacial score (nSPS) is 13.1. The van der Waals surface area contributed by atoms with Gasteiger partial charge in [-0.05, 0) is 29.8 Å². The molecule has 1 amide bonds. The van der Waals surface area contributed by atoms with Gasteiger partial charge in [-0.3, -0.25) is 9.78 Å². The van der Waals surface area contributed by atoms with Gasteiger partial charge in [0, 0.05) is 29.8 Å². The summed E-state index contributed by atoms with van der Waals surface area (Å²) >= 11 is 0. The first-order valence-electron chi connectivity index (χ1n) is 8.48. The van der Waals surface area contributed by atoms with Crippen molar-refractivity contribution < 1.29 is 14.3 Å². The molecule has 1 aliphatic heterocycles. The van der Waals surface area contributed by atoms with Gasteiger partial charge < -0.3 is 14.8 Å². The number of pyridine rings is 1. The molecule has 2 heterocycles. The van der Waals surface area contributed by atoms with Crippen LogP contribution in [0.1, 0.15) is 11.1 Å². The number of nitrogens with zero attached hydrogens (tertiary/aromatic N) is 1. The van der Waals surface area contributed by atoms with Gasteiger partial charge in [-0.2, -0.15) is 0 Å². The summed E-state index contributed by atoms with van der Waals surface area (Å²) in [5, 5.41) is 3.93. The molecule has 5 heteroatoms. The van der Waals surface area contributed by atoms with Gasteiger partial charge in [-0.25, -0.2) is 0 Å². The fourth-order valence-electron chi connectivity index (χ4n) is 2.87. The van der Waals surface area contributed by atoms with Crippen LogP contribution in [0.3, 0.4) is 0 Å². The number of aromatic nitrogens is 1. The maximum Gasteiger partial charge on any atom is 0.244 e. The maximum atomic E-state index is 12.1. The Kier molecular flexibility index (Phi) is 4.51. The number of rotatable bonds is 4. The van der Waals surface area contributed by atoms with Crippen LogP contribution in [0.2, 0.25) is 0 Å².